The van der Waals surface area contributed by atoms with Crippen LogP contribution < -0.4 is 0 Å². The largest absolute Gasteiger partial charge is 0.481 e. The van der Waals surface area contributed by atoms with Crippen molar-refractivity contribution in [3.05, 3.63) is 95.6 Å². The maximum Gasteiger partial charge on any atom is 0.314 e. The van der Waals surface area contributed by atoms with Crippen LogP contribution in [-0.2, 0) is 10.2 Å². The molecule has 6 heteroatoms. The molecule has 0 atom stereocenters. The Kier molecular flexibility index (Phi) is 5.55. The molecule has 158 valence electrons. The monoisotopic (exact) mass is 421 g/mol. The summed E-state index contributed by atoms with van der Waals surface area (Å²) in [6.07, 6.45) is 0.515. The summed E-state index contributed by atoms with van der Waals surface area (Å²) < 4.78 is 26.4. The molecule has 3 aromatic rings. The molecule has 4 rings (SSSR count). The highest BCUT2D eigenvalue weighted by molar-refractivity contribution is 5.95. The number of carboxylic acid groups (broad SMARTS) is 1. The van der Waals surface area contributed by atoms with E-state index >= 15 is 0 Å². The third kappa shape index (κ3) is 4.06. The molecule has 31 heavy (non-hydrogen) atoms. The molecule has 0 bridgehead atoms. The fourth-order valence-electron chi connectivity index (χ4n) is 4.12. The second kappa shape index (κ2) is 8.30. The summed E-state index contributed by atoms with van der Waals surface area (Å²) in [5, 5.41) is 9.89. The Balaban J connectivity index is 1.48. The molecule has 0 spiro atoms. The van der Waals surface area contributed by atoms with Gasteiger partial charge < -0.3 is 10.0 Å². The minimum absolute atomic E-state index is 0.163. The standard InChI is InChI=1S/C25H21F2NO3/c26-21-9-5-18(6-10-21)17-1-3-19(4-2-17)23(29)28-15-13-25(14-16-28,24(30)31)20-7-11-22(27)12-8-20/h1-12H,13-16H2,(H,30,31). The number of carbonyl (C=O) groups is 2. The van der Waals surface area contributed by atoms with Crippen molar-refractivity contribution in [2.24, 2.45) is 0 Å². The minimum Gasteiger partial charge on any atom is -0.481 e. The van der Waals surface area contributed by atoms with Crippen molar-refractivity contribution in [3.63, 3.8) is 0 Å². The van der Waals surface area contributed by atoms with Crippen LogP contribution in [0.15, 0.2) is 72.8 Å². The first-order valence-corrected chi connectivity index (χ1v) is 10.0. The molecule has 1 aliphatic heterocycles. The summed E-state index contributed by atoms with van der Waals surface area (Å²) in [6, 6.07) is 18.7. The van der Waals surface area contributed by atoms with Crippen LogP contribution in [0.5, 0.6) is 0 Å². The van der Waals surface area contributed by atoms with Gasteiger partial charge in [-0.2, -0.15) is 0 Å². The smallest absolute Gasteiger partial charge is 0.314 e. The number of rotatable bonds is 4. The maximum atomic E-state index is 13.3. The van der Waals surface area contributed by atoms with Crippen LogP contribution in [0.2, 0.25) is 0 Å². The van der Waals surface area contributed by atoms with Crippen molar-refractivity contribution < 1.29 is 23.5 Å². The Labute approximate surface area is 178 Å². The average Bonchev–Trinajstić information content (AvgIpc) is 2.80. The van der Waals surface area contributed by atoms with E-state index in [1.165, 1.54) is 36.4 Å². The van der Waals surface area contributed by atoms with Crippen molar-refractivity contribution in [3.8, 4) is 11.1 Å². The highest BCUT2D eigenvalue weighted by atomic mass is 19.1. The summed E-state index contributed by atoms with van der Waals surface area (Å²) in [6.45, 7) is 0.588. The van der Waals surface area contributed by atoms with E-state index in [2.05, 4.69) is 0 Å². The number of hydrogen-bond acceptors (Lipinski definition) is 2. The normalized spacial score (nSPS) is 15.5. The first kappa shape index (κ1) is 20.7. The van der Waals surface area contributed by atoms with Gasteiger partial charge in [0.2, 0.25) is 0 Å². The zero-order valence-corrected chi connectivity index (χ0v) is 16.7. The Hall–Kier alpha value is -3.54. The second-order valence-electron chi connectivity index (χ2n) is 7.77. The highest BCUT2D eigenvalue weighted by Gasteiger charge is 2.44. The zero-order valence-electron chi connectivity index (χ0n) is 16.7. The lowest BCUT2D eigenvalue weighted by Crippen LogP contribution is -2.49. The van der Waals surface area contributed by atoms with E-state index in [0.29, 0.717) is 24.2 Å². The first-order chi connectivity index (χ1) is 14.9. The maximum absolute atomic E-state index is 13.3. The topological polar surface area (TPSA) is 57.6 Å². The van der Waals surface area contributed by atoms with Crippen molar-refractivity contribution in [1.82, 2.24) is 4.90 Å². The van der Waals surface area contributed by atoms with E-state index < -0.39 is 17.2 Å². The summed E-state index contributed by atoms with van der Waals surface area (Å²) in [5.41, 5.74) is 1.66. The van der Waals surface area contributed by atoms with Crippen molar-refractivity contribution >= 4 is 11.9 Å². The highest BCUT2D eigenvalue weighted by Crippen LogP contribution is 2.36. The van der Waals surface area contributed by atoms with Crippen LogP contribution in [0.25, 0.3) is 11.1 Å². The first-order valence-electron chi connectivity index (χ1n) is 10.0. The van der Waals surface area contributed by atoms with Crippen LogP contribution in [0, 0.1) is 11.6 Å². The summed E-state index contributed by atoms with van der Waals surface area (Å²) in [5.74, 6) is -1.85. The number of benzene rings is 3. The number of piperidine rings is 1. The SMILES string of the molecule is O=C(c1ccc(-c2ccc(F)cc2)cc1)N1CCC(C(=O)O)(c2ccc(F)cc2)CC1. The fraction of sp³-hybridized carbons (Fsp3) is 0.200. The number of aliphatic carboxylic acids is 1. The molecule has 1 fully saturated rings. The van der Waals surface area contributed by atoms with Gasteiger partial charge in [-0.15, -0.1) is 0 Å². The van der Waals surface area contributed by atoms with Crippen LogP contribution in [0.3, 0.4) is 0 Å². The van der Waals surface area contributed by atoms with E-state index in [4.69, 9.17) is 0 Å². The van der Waals surface area contributed by atoms with Crippen molar-refractivity contribution in [1.29, 1.82) is 0 Å². The van der Waals surface area contributed by atoms with Gasteiger partial charge in [-0.3, -0.25) is 9.59 Å². The van der Waals surface area contributed by atoms with Crippen LogP contribution in [-0.4, -0.2) is 35.0 Å². The van der Waals surface area contributed by atoms with E-state index in [9.17, 15) is 23.5 Å². The lowest BCUT2D eigenvalue weighted by atomic mass is 9.72. The Morgan fingerprint density at radius 3 is 1.68 bits per heavy atom. The second-order valence-corrected chi connectivity index (χ2v) is 7.77. The Morgan fingerprint density at radius 2 is 1.19 bits per heavy atom. The molecule has 4 nitrogen and oxygen atoms in total. The fourth-order valence-corrected chi connectivity index (χ4v) is 4.12. The van der Waals surface area contributed by atoms with Crippen molar-refractivity contribution in [2.45, 2.75) is 18.3 Å². The predicted molar refractivity (Wildman–Crippen MR) is 113 cm³/mol. The minimum atomic E-state index is -1.13. The molecule has 1 heterocycles. The summed E-state index contributed by atoms with van der Waals surface area (Å²) in [4.78, 5) is 26.7. The van der Waals surface area contributed by atoms with E-state index in [1.807, 2.05) is 12.1 Å². The lowest BCUT2D eigenvalue weighted by molar-refractivity contribution is -0.145. The summed E-state index contributed by atoms with van der Waals surface area (Å²) >= 11 is 0. The van der Waals surface area contributed by atoms with Crippen LogP contribution in [0.4, 0.5) is 8.78 Å². The quantitative estimate of drug-likeness (QED) is 0.653. The molecule has 0 unspecified atom stereocenters. The number of carboxylic acids is 1. The Bertz CT molecular complexity index is 1090. The number of likely N-dealkylation sites (tertiary alicyclic amines) is 1. The molecule has 1 aliphatic rings. The van der Waals surface area contributed by atoms with Gasteiger partial charge in [0.15, 0.2) is 0 Å². The van der Waals surface area contributed by atoms with Gasteiger partial charge in [0.1, 0.15) is 11.6 Å². The molecule has 0 aliphatic carbocycles. The van der Waals surface area contributed by atoms with Crippen LogP contribution >= 0.6 is 0 Å². The van der Waals surface area contributed by atoms with Gasteiger partial charge in [0, 0.05) is 18.7 Å². The molecule has 0 aromatic heterocycles. The van der Waals surface area contributed by atoms with Gasteiger partial charge in [-0.25, -0.2) is 8.78 Å². The van der Waals surface area contributed by atoms with E-state index in [1.54, 1.807) is 29.2 Å². The van der Waals surface area contributed by atoms with Gasteiger partial charge in [0.05, 0.1) is 5.41 Å². The predicted octanol–water partition coefficient (Wildman–Crippen LogP) is 4.89. The van der Waals surface area contributed by atoms with E-state index in [0.717, 1.165) is 11.1 Å². The molecule has 1 amide bonds. The number of carbonyl (C=O) groups excluding carboxylic acids is 1. The van der Waals surface area contributed by atoms with Gasteiger partial charge in [-0.05, 0) is 65.9 Å². The number of hydrogen-bond donors (Lipinski definition) is 1. The molecule has 1 N–H and O–H groups in total. The molecular formula is C25H21F2NO3. The van der Waals surface area contributed by atoms with Gasteiger partial charge in [0.25, 0.3) is 5.91 Å². The third-order valence-corrected chi connectivity index (χ3v) is 6.02. The molecule has 3 aromatic carbocycles. The van der Waals surface area contributed by atoms with Gasteiger partial charge in [-0.1, -0.05) is 36.4 Å². The van der Waals surface area contributed by atoms with E-state index in [-0.39, 0.29) is 24.6 Å². The molecule has 1 saturated heterocycles. The van der Waals surface area contributed by atoms with Crippen molar-refractivity contribution in [2.75, 3.05) is 13.1 Å². The lowest BCUT2D eigenvalue weighted by Gasteiger charge is -2.39. The summed E-state index contributed by atoms with van der Waals surface area (Å²) in [7, 11) is 0. The average molecular weight is 421 g/mol. The zero-order chi connectivity index (χ0) is 22.0. The third-order valence-electron chi connectivity index (χ3n) is 6.02. The van der Waals surface area contributed by atoms with Gasteiger partial charge >= 0.3 is 5.97 Å². The van der Waals surface area contributed by atoms with Crippen LogP contribution in [0.1, 0.15) is 28.8 Å². The molecular weight excluding hydrogens is 400 g/mol. The molecule has 0 radical (unpaired) electrons. The number of halogens is 2. The molecule has 0 saturated carbocycles. The Morgan fingerprint density at radius 1 is 0.742 bits per heavy atom. The number of amides is 1. The number of nitrogens with zero attached hydrogens (tertiary/aromatic N) is 1.